The molecule has 2 aromatic carbocycles. The number of carbonyl (C=O) groups excluding carboxylic acids is 4. The minimum atomic E-state index is -0.648. The topological polar surface area (TPSA) is 108 Å². The zero-order chi connectivity index (χ0) is 23.7. The molecule has 170 valence electrons. The number of benzene rings is 2. The van der Waals surface area contributed by atoms with Crippen LogP contribution in [0, 0.1) is 0 Å². The van der Waals surface area contributed by atoms with Gasteiger partial charge in [-0.05, 0) is 35.2 Å². The fraction of sp³-hybridized carbons (Fsp3) is 0.192. The van der Waals surface area contributed by atoms with Gasteiger partial charge in [-0.15, -0.1) is 0 Å². The largest absolute Gasteiger partial charge is 0.348 e. The first-order chi connectivity index (χ1) is 16.5. The molecule has 1 aromatic heterocycles. The molecule has 1 fully saturated rings. The highest BCUT2D eigenvalue weighted by atomic mass is 16.2. The molecular formula is C26H22N4O4. The van der Waals surface area contributed by atoms with Gasteiger partial charge in [-0.2, -0.15) is 0 Å². The van der Waals surface area contributed by atoms with Crippen molar-refractivity contribution in [3.8, 4) is 11.1 Å². The number of hydrogen-bond donors (Lipinski definition) is 2. The SMILES string of the molecule is O=C1CCC(N2Cc3cc(CNC(=O)c4cncc(-c5ccccc5)c4)ccc3C2=O)C(=O)N1. The molecule has 3 aromatic rings. The number of rotatable bonds is 5. The number of piperidine rings is 1. The van der Waals surface area contributed by atoms with Crippen LogP contribution in [0.4, 0.5) is 0 Å². The Bertz CT molecular complexity index is 1310. The molecular weight excluding hydrogens is 432 g/mol. The predicted molar refractivity (Wildman–Crippen MR) is 123 cm³/mol. The van der Waals surface area contributed by atoms with Crippen LogP contribution in [0.25, 0.3) is 11.1 Å². The zero-order valence-electron chi connectivity index (χ0n) is 18.3. The van der Waals surface area contributed by atoms with Crippen molar-refractivity contribution in [3.63, 3.8) is 0 Å². The number of carbonyl (C=O) groups is 4. The number of amides is 4. The lowest BCUT2D eigenvalue weighted by molar-refractivity contribution is -0.136. The van der Waals surface area contributed by atoms with Gasteiger partial charge in [-0.3, -0.25) is 29.5 Å². The summed E-state index contributed by atoms with van der Waals surface area (Å²) in [5.74, 6) is -1.21. The lowest BCUT2D eigenvalue weighted by Gasteiger charge is -2.29. The summed E-state index contributed by atoms with van der Waals surface area (Å²) in [6.07, 6.45) is 3.79. The van der Waals surface area contributed by atoms with E-state index >= 15 is 0 Å². The molecule has 0 saturated carbocycles. The fourth-order valence-electron chi connectivity index (χ4n) is 4.37. The van der Waals surface area contributed by atoms with Gasteiger partial charge >= 0.3 is 0 Å². The molecule has 4 amide bonds. The molecule has 8 heteroatoms. The van der Waals surface area contributed by atoms with E-state index in [9.17, 15) is 19.2 Å². The summed E-state index contributed by atoms with van der Waals surface area (Å²) >= 11 is 0. The zero-order valence-corrected chi connectivity index (χ0v) is 18.3. The van der Waals surface area contributed by atoms with E-state index in [1.54, 1.807) is 24.4 Å². The highest BCUT2D eigenvalue weighted by Crippen LogP contribution is 2.28. The Morgan fingerprint density at radius 2 is 1.85 bits per heavy atom. The molecule has 1 saturated heterocycles. The average molecular weight is 454 g/mol. The van der Waals surface area contributed by atoms with E-state index in [0.717, 1.165) is 22.3 Å². The summed E-state index contributed by atoms with van der Waals surface area (Å²) < 4.78 is 0. The summed E-state index contributed by atoms with van der Waals surface area (Å²) in [5, 5.41) is 5.21. The van der Waals surface area contributed by atoms with E-state index in [1.165, 1.54) is 11.1 Å². The molecule has 5 rings (SSSR count). The maximum absolute atomic E-state index is 12.8. The third-order valence-corrected chi connectivity index (χ3v) is 6.15. The number of pyridine rings is 1. The second-order valence-electron chi connectivity index (χ2n) is 8.40. The standard InChI is InChI=1S/C26H22N4O4/c31-23-9-8-22(25(33)29-23)30-15-20-10-16(6-7-21(20)26(30)34)12-28-24(32)19-11-18(13-27-14-19)17-4-2-1-3-5-17/h1-7,10-11,13-14,22H,8-9,12,15H2,(H,28,32)(H,29,31,33). The van der Waals surface area contributed by atoms with E-state index < -0.39 is 11.9 Å². The van der Waals surface area contributed by atoms with Gasteiger partial charge in [0.25, 0.3) is 11.8 Å². The second-order valence-corrected chi connectivity index (χ2v) is 8.40. The Kier molecular flexibility index (Phi) is 5.63. The Labute approximate surface area is 196 Å². The van der Waals surface area contributed by atoms with Gasteiger partial charge in [0.05, 0.1) is 5.56 Å². The van der Waals surface area contributed by atoms with Gasteiger partial charge in [0, 0.05) is 43.0 Å². The fourth-order valence-corrected chi connectivity index (χ4v) is 4.37. The van der Waals surface area contributed by atoms with Gasteiger partial charge < -0.3 is 10.2 Å². The number of hydrogen-bond acceptors (Lipinski definition) is 5. The third-order valence-electron chi connectivity index (χ3n) is 6.15. The maximum Gasteiger partial charge on any atom is 0.255 e. The molecule has 2 aliphatic heterocycles. The summed E-state index contributed by atoms with van der Waals surface area (Å²) in [6, 6.07) is 16.3. The molecule has 1 atom stereocenters. The van der Waals surface area contributed by atoms with Gasteiger partial charge in [-0.25, -0.2) is 0 Å². The molecule has 1 unspecified atom stereocenters. The van der Waals surface area contributed by atoms with Gasteiger partial charge in [0.1, 0.15) is 6.04 Å². The smallest absolute Gasteiger partial charge is 0.255 e. The van der Waals surface area contributed by atoms with E-state index in [-0.39, 0.29) is 30.7 Å². The van der Waals surface area contributed by atoms with Gasteiger partial charge in [-0.1, -0.05) is 42.5 Å². The first-order valence-corrected chi connectivity index (χ1v) is 11.0. The highest BCUT2D eigenvalue weighted by molar-refractivity contribution is 6.05. The number of imide groups is 1. The van der Waals surface area contributed by atoms with Crippen molar-refractivity contribution in [2.45, 2.75) is 32.0 Å². The highest BCUT2D eigenvalue weighted by Gasteiger charge is 2.39. The van der Waals surface area contributed by atoms with Crippen LogP contribution in [0.5, 0.6) is 0 Å². The monoisotopic (exact) mass is 454 g/mol. The van der Waals surface area contributed by atoms with Crippen LogP contribution in [0.3, 0.4) is 0 Å². The van der Waals surface area contributed by atoms with Crippen LogP contribution in [0.1, 0.15) is 44.7 Å². The number of fused-ring (bicyclic) bond motifs is 1. The van der Waals surface area contributed by atoms with E-state index in [0.29, 0.717) is 24.1 Å². The molecule has 0 bridgehead atoms. The molecule has 0 spiro atoms. The molecule has 0 aliphatic carbocycles. The minimum absolute atomic E-state index is 0.216. The van der Waals surface area contributed by atoms with Crippen LogP contribution in [0.15, 0.2) is 67.0 Å². The van der Waals surface area contributed by atoms with Crippen molar-refractivity contribution in [1.82, 2.24) is 20.5 Å². The van der Waals surface area contributed by atoms with Crippen molar-refractivity contribution in [1.29, 1.82) is 0 Å². The van der Waals surface area contributed by atoms with E-state index in [2.05, 4.69) is 15.6 Å². The Hall–Kier alpha value is -4.33. The quantitative estimate of drug-likeness (QED) is 0.576. The van der Waals surface area contributed by atoms with Crippen LogP contribution in [0.2, 0.25) is 0 Å². The molecule has 34 heavy (non-hydrogen) atoms. The van der Waals surface area contributed by atoms with Gasteiger partial charge in [0.2, 0.25) is 11.8 Å². The third kappa shape index (κ3) is 4.17. The Morgan fingerprint density at radius 3 is 2.65 bits per heavy atom. The number of aromatic nitrogens is 1. The number of nitrogens with zero attached hydrogens (tertiary/aromatic N) is 2. The lowest BCUT2D eigenvalue weighted by atomic mass is 10.0. The Morgan fingerprint density at radius 1 is 1.03 bits per heavy atom. The van der Waals surface area contributed by atoms with Crippen molar-refractivity contribution >= 4 is 23.6 Å². The molecule has 2 aliphatic rings. The van der Waals surface area contributed by atoms with Gasteiger partial charge in [0.15, 0.2) is 0 Å². The van der Waals surface area contributed by atoms with Crippen molar-refractivity contribution in [2.75, 3.05) is 0 Å². The van der Waals surface area contributed by atoms with Crippen LogP contribution in [-0.2, 0) is 22.7 Å². The normalized spacial score (nSPS) is 17.4. The summed E-state index contributed by atoms with van der Waals surface area (Å²) in [5.41, 5.74) is 4.49. The van der Waals surface area contributed by atoms with E-state index in [1.807, 2.05) is 36.4 Å². The predicted octanol–water partition coefficient (Wildman–Crippen LogP) is 2.44. The first-order valence-electron chi connectivity index (χ1n) is 11.0. The van der Waals surface area contributed by atoms with E-state index in [4.69, 9.17) is 0 Å². The number of nitrogens with one attached hydrogen (secondary N) is 2. The van der Waals surface area contributed by atoms with Crippen molar-refractivity contribution in [3.05, 3.63) is 89.2 Å². The van der Waals surface area contributed by atoms with Crippen LogP contribution >= 0.6 is 0 Å². The minimum Gasteiger partial charge on any atom is -0.348 e. The first kappa shape index (κ1) is 21.5. The second kappa shape index (κ2) is 8.90. The molecule has 8 nitrogen and oxygen atoms in total. The lowest BCUT2D eigenvalue weighted by Crippen LogP contribution is -2.52. The maximum atomic E-state index is 12.8. The van der Waals surface area contributed by atoms with Crippen LogP contribution in [-0.4, -0.2) is 39.6 Å². The molecule has 3 heterocycles. The van der Waals surface area contributed by atoms with Crippen LogP contribution < -0.4 is 10.6 Å². The summed E-state index contributed by atoms with van der Waals surface area (Å²) in [7, 11) is 0. The van der Waals surface area contributed by atoms with Crippen molar-refractivity contribution < 1.29 is 19.2 Å². The summed E-state index contributed by atoms with van der Waals surface area (Å²) in [4.78, 5) is 54.9. The average Bonchev–Trinajstić information content (AvgIpc) is 3.18. The molecule has 2 N–H and O–H groups in total. The van der Waals surface area contributed by atoms with Crippen molar-refractivity contribution in [2.24, 2.45) is 0 Å². The Balaban J connectivity index is 1.25. The molecule has 0 radical (unpaired) electrons. The summed E-state index contributed by atoms with van der Waals surface area (Å²) in [6.45, 7) is 0.583.